The fourth-order valence-electron chi connectivity index (χ4n) is 1.97. The zero-order chi connectivity index (χ0) is 12.0. The number of hydrogen-bond acceptors (Lipinski definition) is 3. The molecule has 0 radical (unpaired) electrons. The number of Topliss-reactive ketones (excluding diaryl/α,β-unsaturated/α-hetero) is 1. The van der Waals surface area contributed by atoms with Crippen LogP contribution in [0.1, 0.15) is 32.1 Å². The van der Waals surface area contributed by atoms with Crippen molar-refractivity contribution in [2.24, 2.45) is 11.8 Å². The quantitative estimate of drug-likeness (QED) is 0.549. The van der Waals surface area contributed by atoms with E-state index >= 15 is 0 Å². The van der Waals surface area contributed by atoms with Crippen LogP contribution in [0.5, 0.6) is 0 Å². The van der Waals surface area contributed by atoms with E-state index in [9.17, 15) is 14.4 Å². The minimum atomic E-state index is -0.827. The molecule has 1 rings (SSSR count). The van der Waals surface area contributed by atoms with Gasteiger partial charge in [0.2, 0.25) is 0 Å². The van der Waals surface area contributed by atoms with Gasteiger partial charge in [-0.25, -0.2) is 0 Å². The molecule has 1 N–H and O–H groups in total. The van der Waals surface area contributed by atoms with E-state index in [4.69, 9.17) is 5.11 Å². The highest BCUT2D eigenvalue weighted by Gasteiger charge is 2.32. The van der Waals surface area contributed by atoms with Crippen molar-refractivity contribution in [2.45, 2.75) is 32.1 Å². The summed E-state index contributed by atoms with van der Waals surface area (Å²) in [6.45, 7) is 0. The molecule has 2 unspecified atom stereocenters. The Hall–Kier alpha value is -1.45. The monoisotopic (exact) mass is 224 g/mol. The molecule has 88 valence electrons. The van der Waals surface area contributed by atoms with Crippen LogP contribution in [-0.2, 0) is 14.4 Å². The van der Waals surface area contributed by atoms with Crippen LogP contribution in [0, 0.1) is 11.8 Å². The molecule has 4 nitrogen and oxygen atoms in total. The van der Waals surface area contributed by atoms with Crippen molar-refractivity contribution in [3.63, 3.8) is 0 Å². The van der Waals surface area contributed by atoms with Crippen molar-refractivity contribution in [1.29, 1.82) is 0 Å². The van der Waals surface area contributed by atoms with Gasteiger partial charge < -0.3 is 9.90 Å². The summed E-state index contributed by atoms with van der Waals surface area (Å²) in [6, 6.07) is 0. The molecular weight excluding hydrogens is 208 g/mol. The first-order valence-electron chi connectivity index (χ1n) is 5.50. The van der Waals surface area contributed by atoms with Gasteiger partial charge in [0.15, 0.2) is 0 Å². The predicted octanol–water partition coefficient (Wildman–Crippen LogP) is 1.59. The smallest absolute Gasteiger partial charge is 0.303 e. The lowest BCUT2D eigenvalue weighted by Crippen LogP contribution is -2.14. The van der Waals surface area contributed by atoms with Crippen LogP contribution >= 0.6 is 0 Å². The van der Waals surface area contributed by atoms with Crippen LogP contribution in [0.15, 0.2) is 12.2 Å². The summed E-state index contributed by atoms with van der Waals surface area (Å²) >= 11 is 0. The lowest BCUT2D eigenvalue weighted by Gasteiger charge is -2.09. The van der Waals surface area contributed by atoms with Gasteiger partial charge in [0, 0.05) is 24.7 Å². The van der Waals surface area contributed by atoms with Crippen LogP contribution in [0.2, 0.25) is 0 Å². The van der Waals surface area contributed by atoms with Gasteiger partial charge in [-0.3, -0.25) is 9.59 Å². The largest absolute Gasteiger partial charge is 0.481 e. The summed E-state index contributed by atoms with van der Waals surface area (Å²) in [4.78, 5) is 32.4. The number of carboxylic acids is 1. The van der Waals surface area contributed by atoms with Gasteiger partial charge in [-0.15, -0.1) is 0 Å². The highest BCUT2D eigenvalue weighted by molar-refractivity contribution is 5.87. The molecule has 1 aliphatic carbocycles. The Kier molecular flexibility index (Phi) is 4.89. The predicted molar refractivity (Wildman–Crippen MR) is 57.9 cm³/mol. The number of ketones is 1. The minimum Gasteiger partial charge on any atom is -0.481 e. The highest BCUT2D eigenvalue weighted by atomic mass is 16.4. The van der Waals surface area contributed by atoms with Gasteiger partial charge in [0.1, 0.15) is 12.1 Å². The number of rotatable bonds is 6. The van der Waals surface area contributed by atoms with Crippen molar-refractivity contribution in [2.75, 3.05) is 0 Å². The standard InChI is InChI=1S/C12H16O4/c13-8-9-6-7-11(14)10(9)4-2-1-3-5-12(15)16/h1-2,8-10H,3-7H2,(H,15,16). The summed E-state index contributed by atoms with van der Waals surface area (Å²) in [7, 11) is 0. The molecule has 0 aromatic heterocycles. The van der Waals surface area contributed by atoms with E-state index in [1.54, 1.807) is 6.08 Å². The molecular formula is C12H16O4. The zero-order valence-electron chi connectivity index (χ0n) is 9.09. The number of carboxylic acid groups (broad SMARTS) is 1. The zero-order valence-corrected chi connectivity index (χ0v) is 9.09. The number of aldehydes is 1. The minimum absolute atomic E-state index is 0.103. The third-order valence-electron chi connectivity index (χ3n) is 2.91. The second kappa shape index (κ2) is 6.20. The fourth-order valence-corrected chi connectivity index (χ4v) is 1.97. The van der Waals surface area contributed by atoms with Crippen LogP contribution in [0.3, 0.4) is 0 Å². The molecule has 4 heteroatoms. The van der Waals surface area contributed by atoms with E-state index < -0.39 is 5.97 Å². The summed E-state index contributed by atoms with van der Waals surface area (Å²) in [5.74, 6) is -0.998. The maximum absolute atomic E-state index is 11.4. The first kappa shape index (κ1) is 12.6. The number of aliphatic carboxylic acids is 1. The van der Waals surface area contributed by atoms with Gasteiger partial charge in [-0.1, -0.05) is 12.2 Å². The van der Waals surface area contributed by atoms with Crippen molar-refractivity contribution < 1.29 is 19.5 Å². The number of carbonyl (C=O) groups is 3. The Morgan fingerprint density at radius 1 is 1.44 bits per heavy atom. The van der Waals surface area contributed by atoms with Gasteiger partial charge in [0.05, 0.1) is 0 Å². The van der Waals surface area contributed by atoms with Crippen molar-refractivity contribution >= 4 is 18.0 Å². The van der Waals surface area contributed by atoms with Crippen molar-refractivity contribution in [1.82, 2.24) is 0 Å². The van der Waals surface area contributed by atoms with Crippen LogP contribution in [0.25, 0.3) is 0 Å². The lowest BCUT2D eigenvalue weighted by atomic mass is 9.93. The van der Waals surface area contributed by atoms with E-state index in [1.165, 1.54) is 0 Å². The Labute approximate surface area is 94.3 Å². The van der Waals surface area contributed by atoms with E-state index in [2.05, 4.69) is 0 Å². The molecule has 0 aromatic carbocycles. The van der Waals surface area contributed by atoms with Gasteiger partial charge in [-0.05, 0) is 19.3 Å². The van der Waals surface area contributed by atoms with Gasteiger partial charge in [0.25, 0.3) is 0 Å². The average Bonchev–Trinajstić information content (AvgIpc) is 2.59. The molecule has 1 aliphatic rings. The fraction of sp³-hybridized carbons (Fsp3) is 0.583. The molecule has 16 heavy (non-hydrogen) atoms. The summed E-state index contributed by atoms with van der Waals surface area (Å²) in [5.41, 5.74) is 0. The van der Waals surface area contributed by atoms with Crippen molar-refractivity contribution in [3.8, 4) is 0 Å². The molecule has 1 fully saturated rings. The summed E-state index contributed by atoms with van der Waals surface area (Å²) in [6.07, 6.45) is 6.73. The third-order valence-corrected chi connectivity index (χ3v) is 2.91. The first-order valence-corrected chi connectivity index (χ1v) is 5.50. The molecule has 0 bridgehead atoms. The maximum Gasteiger partial charge on any atom is 0.303 e. The second-order valence-corrected chi connectivity index (χ2v) is 4.05. The molecule has 0 aromatic rings. The summed E-state index contributed by atoms with van der Waals surface area (Å²) < 4.78 is 0. The maximum atomic E-state index is 11.4. The third kappa shape index (κ3) is 3.61. The first-order chi connectivity index (χ1) is 7.65. The van der Waals surface area contributed by atoms with E-state index in [1.807, 2.05) is 6.08 Å². The Balaban J connectivity index is 2.33. The number of hydrogen-bond donors (Lipinski definition) is 1. The van der Waals surface area contributed by atoms with Gasteiger partial charge >= 0.3 is 5.97 Å². The molecule has 1 saturated carbocycles. The van der Waals surface area contributed by atoms with E-state index in [-0.39, 0.29) is 24.0 Å². The average molecular weight is 224 g/mol. The van der Waals surface area contributed by atoms with Crippen LogP contribution in [-0.4, -0.2) is 23.1 Å². The highest BCUT2D eigenvalue weighted by Crippen LogP contribution is 2.29. The molecule has 0 amide bonds. The van der Waals surface area contributed by atoms with Crippen molar-refractivity contribution in [3.05, 3.63) is 12.2 Å². The number of allylic oxidation sites excluding steroid dienone is 2. The lowest BCUT2D eigenvalue weighted by molar-refractivity contribution is -0.136. The number of carbonyl (C=O) groups excluding carboxylic acids is 2. The topological polar surface area (TPSA) is 71.4 Å². The molecule has 0 saturated heterocycles. The molecule has 0 aliphatic heterocycles. The van der Waals surface area contributed by atoms with E-state index in [0.717, 1.165) is 6.29 Å². The second-order valence-electron chi connectivity index (χ2n) is 4.05. The van der Waals surface area contributed by atoms with Crippen LogP contribution < -0.4 is 0 Å². The normalized spacial score (nSPS) is 25.1. The molecule has 0 heterocycles. The van der Waals surface area contributed by atoms with E-state index in [0.29, 0.717) is 25.7 Å². The Bertz CT molecular complexity index is 306. The molecule has 2 atom stereocenters. The van der Waals surface area contributed by atoms with Gasteiger partial charge in [-0.2, -0.15) is 0 Å². The van der Waals surface area contributed by atoms with Crippen LogP contribution in [0.4, 0.5) is 0 Å². The Morgan fingerprint density at radius 2 is 2.19 bits per heavy atom. The Morgan fingerprint density at radius 3 is 2.81 bits per heavy atom. The SMILES string of the molecule is O=CC1CCC(=O)C1CC=CCCC(=O)O. The molecule has 0 spiro atoms. The summed E-state index contributed by atoms with van der Waals surface area (Å²) in [5, 5.41) is 8.41.